The van der Waals surface area contributed by atoms with Crippen molar-refractivity contribution < 1.29 is 23.8 Å². The summed E-state index contributed by atoms with van der Waals surface area (Å²) in [6.07, 6.45) is 0. The third kappa shape index (κ3) is 4.43. The number of fused-ring (bicyclic) bond motifs is 2. The van der Waals surface area contributed by atoms with E-state index in [1.807, 2.05) is 13.0 Å². The van der Waals surface area contributed by atoms with Gasteiger partial charge in [-0.15, -0.1) is 0 Å². The molecule has 5 rings (SSSR count). The Kier molecular flexibility index (Phi) is 6.07. The smallest absolute Gasteiger partial charge is 0.251 e. The minimum atomic E-state index is -1.64. The first-order chi connectivity index (χ1) is 18.0. The van der Waals surface area contributed by atoms with Crippen LogP contribution in [0.4, 0.5) is 4.39 Å². The molecular formula is C28H26FN5O4. The maximum Gasteiger partial charge on any atom is 0.251 e. The van der Waals surface area contributed by atoms with Crippen LogP contribution >= 0.6 is 0 Å². The molecule has 4 aromatic rings. The lowest BCUT2D eigenvalue weighted by atomic mass is 9.82. The number of halogens is 1. The molecule has 2 amide bonds. The van der Waals surface area contributed by atoms with Gasteiger partial charge in [-0.2, -0.15) is 10.2 Å². The van der Waals surface area contributed by atoms with Crippen molar-refractivity contribution in [3.8, 4) is 17.0 Å². The van der Waals surface area contributed by atoms with Crippen molar-refractivity contribution in [1.82, 2.24) is 20.5 Å². The van der Waals surface area contributed by atoms with E-state index in [0.717, 1.165) is 11.1 Å². The van der Waals surface area contributed by atoms with E-state index in [1.165, 1.54) is 31.2 Å². The van der Waals surface area contributed by atoms with E-state index >= 15 is 0 Å². The number of rotatable bonds is 6. The largest absolute Gasteiger partial charge is 0.489 e. The Bertz CT molecular complexity index is 1590. The highest BCUT2D eigenvalue weighted by molar-refractivity contribution is 5.98. The lowest BCUT2D eigenvalue weighted by Crippen LogP contribution is -2.41. The molecule has 0 fully saturated rings. The average Bonchev–Trinajstić information content (AvgIpc) is 3.25. The molecule has 2 atom stereocenters. The van der Waals surface area contributed by atoms with E-state index in [0.29, 0.717) is 33.7 Å². The predicted molar refractivity (Wildman–Crippen MR) is 138 cm³/mol. The highest BCUT2D eigenvalue weighted by atomic mass is 19.1. The van der Waals surface area contributed by atoms with Crippen LogP contribution in [0, 0.1) is 12.7 Å². The predicted octanol–water partition coefficient (Wildman–Crippen LogP) is 2.91. The molecule has 0 radical (unpaired) electrons. The molecular weight excluding hydrogens is 489 g/mol. The third-order valence-corrected chi connectivity index (χ3v) is 6.85. The molecule has 0 bridgehead atoms. The number of aromatic nitrogens is 3. The molecule has 9 nitrogen and oxygen atoms in total. The molecule has 2 aromatic heterocycles. The zero-order valence-electron chi connectivity index (χ0n) is 21.1. The van der Waals surface area contributed by atoms with E-state index < -0.39 is 28.6 Å². The van der Waals surface area contributed by atoms with Crippen LogP contribution in [0.3, 0.4) is 0 Å². The standard InChI is InChI=1S/C28H26FN5O4/c1-15-10-18-11-17(6-9-21(18)34-33-15)25(35)31-13-28(3,37)22-12-20-24(38-14-27(20,2)26(30)36)23(32-22)16-4-7-19(29)8-5-16/h4-12,37H,13-14H2,1-3H3,(H2,30,36)(H,31,35)/t27-,28-/m0/s1. The minimum Gasteiger partial charge on any atom is -0.489 e. The summed E-state index contributed by atoms with van der Waals surface area (Å²) in [7, 11) is 0. The van der Waals surface area contributed by atoms with Crippen molar-refractivity contribution in [3.63, 3.8) is 0 Å². The number of hydrogen-bond donors (Lipinski definition) is 3. The quantitative estimate of drug-likeness (QED) is 0.359. The molecule has 1 aliphatic rings. The molecule has 0 aliphatic carbocycles. The second-order valence-electron chi connectivity index (χ2n) is 9.94. The Labute approximate surface area is 217 Å². The Balaban J connectivity index is 1.48. The topological polar surface area (TPSA) is 140 Å². The number of aliphatic hydroxyl groups is 1. The summed E-state index contributed by atoms with van der Waals surface area (Å²) >= 11 is 0. The van der Waals surface area contributed by atoms with Gasteiger partial charge in [-0.25, -0.2) is 9.37 Å². The number of pyridine rings is 1. The molecule has 0 unspecified atom stereocenters. The van der Waals surface area contributed by atoms with Crippen LogP contribution in [0.2, 0.25) is 0 Å². The number of hydrogen-bond acceptors (Lipinski definition) is 7. The van der Waals surface area contributed by atoms with E-state index in [1.54, 1.807) is 31.2 Å². The molecule has 0 saturated heterocycles. The van der Waals surface area contributed by atoms with Gasteiger partial charge in [-0.3, -0.25) is 9.59 Å². The molecule has 3 heterocycles. The Hall–Kier alpha value is -4.44. The summed E-state index contributed by atoms with van der Waals surface area (Å²) < 4.78 is 19.4. The molecule has 0 spiro atoms. The molecule has 2 aromatic carbocycles. The van der Waals surface area contributed by atoms with E-state index in [9.17, 15) is 19.1 Å². The van der Waals surface area contributed by atoms with Gasteiger partial charge in [-0.05, 0) is 75.4 Å². The fourth-order valence-corrected chi connectivity index (χ4v) is 4.40. The van der Waals surface area contributed by atoms with Crippen LogP contribution < -0.4 is 15.8 Å². The summed E-state index contributed by atoms with van der Waals surface area (Å²) in [6.45, 7) is 4.80. The first-order valence-electron chi connectivity index (χ1n) is 12.0. The first kappa shape index (κ1) is 25.2. The lowest BCUT2D eigenvalue weighted by molar-refractivity contribution is -0.123. The summed E-state index contributed by atoms with van der Waals surface area (Å²) in [5.41, 5.74) is 6.22. The zero-order chi connectivity index (χ0) is 27.2. The lowest BCUT2D eigenvalue weighted by Gasteiger charge is -2.26. The average molecular weight is 516 g/mol. The Morgan fingerprint density at radius 2 is 1.89 bits per heavy atom. The van der Waals surface area contributed by atoms with Gasteiger partial charge in [0.2, 0.25) is 5.91 Å². The number of nitrogens with two attached hydrogens (primary N) is 1. The summed E-state index contributed by atoms with van der Waals surface area (Å²) in [5, 5.41) is 23.1. The molecule has 0 saturated carbocycles. The maximum absolute atomic E-state index is 13.6. The fraction of sp³-hybridized carbons (Fsp3) is 0.250. The van der Waals surface area contributed by atoms with Crippen LogP contribution in [-0.2, 0) is 15.8 Å². The number of ether oxygens (including phenoxy) is 1. The highest BCUT2D eigenvalue weighted by Gasteiger charge is 2.45. The van der Waals surface area contributed by atoms with Crippen molar-refractivity contribution in [3.05, 3.63) is 82.9 Å². The van der Waals surface area contributed by atoms with Crippen LogP contribution in [0.25, 0.3) is 22.2 Å². The van der Waals surface area contributed by atoms with Crippen LogP contribution in [-0.4, -0.2) is 45.3 Å². The fourth-order valence-electron chi connectivity index (χ4n) is 4.40. The van der Waals surface area contributed by atoms with Gasteiger partial charge in [0.05, 0.1) is 23.4 Å². The van der Waals surface area contributed by atoms with Crippen LogP contribution in [0.5, 0.6) is 5.75 Å². The monoisotopic (exact) mass is 515 g/mol. The molecule has 4 N–H and O–H groups in total. The van der Waals surface area contributed by atoms with Crippen molar-refractivity contribution in [2.75, 3.05) is 13.2 Å². The zero-order valence-corrected chi connectivity index (χ0v) is 21.1. The van der Waals surface area contributed by atoms with Gasteiger partial charge in [0, 0.05) is 22.1 Å². The molecule has 38 heavy (non-hydrogen) atoms. The van der Waals surface area contributed by atoms with E-state index in [2.05, 4.69) is 20.5 Å². The Morgan fingerprint density at radius 1 is 1.16 bits per heavy atom. The number of amides is 2. The highest BCUT2D eigenvalue weighted by Crippen LogP contribution is 2.45. The molecule has 1 aliphatic heterocycles. The third-order valence-electron chi connectivity index (χ3n) is 6.85. The van der Waals surface area contributed by atoms with Crippen molar-refractivity contribution in [1.29, 1.82) is 0 Å². The normalized spacial score (nSPS) is 17.9. The number of carbonyl (C=O) groups excluding carboxylic acids is 2. The minimum absolute atomic E-state index is 0.00168. The number of nitrogens with zero attached hydrogens (tertiary/aromatic N) is 3. The number of carbonyl (C=O) groups is 2. The van der Waals surface area contributed by atoms with Crippen molar-refractivity contribution in [2.45, 2.75) is 31.8 Å². The van der Waals surface area contributed by atoms with Crippen molar-refractivity contribution in [2.24, 2.45) is 5.73 Å². The summed E-state index contributed by atoms with van der Waals surface area (Å²) in [5.74, 6) is -1.07. The summed E-state index contributed by atoms with van der Waals surface area (Å²) in [4.78, 5) is 30.0. The van der Waals surface area contributed by atoms with Crippen LogP contribution in [0.1, 0.15) is 41.2 Å². The van der Waals surface area contributed by atoms with E-state index in [4.69, 9.17) is 10.5 Å². The Morgan fingerprint density at radius 3 is 2.61 bits per heavy atom. The molecule has 10 heteroatoms. The number of benzene rings is 2. The maximum atomic E-state index is 13.6. The number of nitrogens with one attached hydrogen (secondary N) is 1. The van der Waals surface area contributed by atoms with Crippen LogP contribution in [0.15, 0.2) is 54.6 Å². The summed E-state index contributed by atoms with van der Waals surface area (Å²) in [6, 6.07) is 14.1. The first-order valence-corrected chi connectivity index (χ1v) is 12.0. The van der Waals surface area contributed by atoms with Gasteiger partial charge in [-0.1, -0.05) is 0 Å². The second-order valence-corrected chi connectivity index (χ2v) is 9.94. The SMILES string of the molecule is Cc1cc2cc(C(=O)NC[C@](C)(O)c3cc4c(c(-c5ccc(F)cc5)n3)OC[C@]4(C)C(N)=O)ccc2nn1. The van der Waals surface area contributed by atoms with Gasteiger partial charge in [0.1, 0.15) is 34.9 Å². The van der Waals surface area contributed by atoms with Crippen molar-refractivity contribution >= 4 is 22.7 Å². The molecule has 194 valence electrons. The number of primary amides is 1. The van der Waals surface area contributed by atoms with Gasteiger partial charge in [0.25, 0.3) is 5.91 Å². The number of aryl methyl sites for hydroxylation is 1. The van der Waals surface area contributed by atoms with Gasteiger partial charge in [0.15, 0.2) is 0 Å². The van der Waals surface area contributed by atoms with Gasteiger partial charge >= 0.3 is 0 Å². The van der Waals surface area contributed by atoms with E-state index in [-0.39, 0.29) is 18.8 Å². The van der Waals surface area contributed by atoms with Gasteiger partial charge < -0.3 is 20.9 Å². The second kappa shape index (κ2) is 9.14.